The molecule has 0 aliphatic rings. The lowest BCUT2D eigenvalue weighted by Crippen LogP contribution is -2.00. The lowest BCUT2D eigenvalue weighted by Gasteiger charge is -2.04. The quantitative estimate of drug-likeness (QED) is 0.776. The molecule has 0 saturated heterocycles. The summed E-state index contributed by atoms with van der Waals surface area (Å²) in [5.41, 5.74) is 0.161. The zero-order chi connectivity index (χ0) is 11.8. The van der Waals surface area contributed by atoms with Gasteiger partial charge < -0.3 is 0 Å². The summed E-state index contributed by atoms with van der Waals surface area (Å²) in [5.74, 6) is -0.703. The van der Waals surface area contributed by atoms with Crippen LogP contribution in [0, 0.1) is 5.82 Å². The Bertz CT molecular complexity index is 610. The number of hydrogen-bond donors (Lipinski definition) is 0. The molecule has 0 fully saturated rings. The zero-order valence-corrected chi connectivity index (χ0v) is 9.41. The molecule has 0 bridgehead atoms. The molecule has 0 atom stereocenters. The molecule has 1 heterocycles. The van der Waals surface area contributed by atoms with Crippen molar-refractivity contribution in [1.82, 2.24) is 9.78 Å². The summed E-state index contributed by atoms with van der Waals surface area (Å²) >= 11 is 0. The number of benzene rings is 1. The predicted molar refractivity (Wildman–Crippen MR) is 56.6 cm³/mol. The smallest absolute Gasteiger partial charge is 0.238 e. The highest BCUT2D eigenvalue weighted by Gasteiger charge is 2.13. The van der Waals surface area contributed by atoms with Gasteiger partial charge in [-0.05, 0) is 24.3 Å². The third-order valence-corrected chi connectivity index (χ3v) is 3.30. The average Bonchev–Trinajstić information content (AvgIpc) is 2.69. The lowest BCUT2D eigenvalue weighted by atomic mass is 10.3. The molecule has 1 aromatic carbocycles. The van der Waals surface area contributed by atoms with E-state index >= 15 is 0 Å². The van der Waals surface area contributed by atoms with Crippen LogP contribution in [0.2, 0.25) is 0 Å². The fraction of sp³-hybridized carbons (Fsp3) is 0. The van der Waals surface area contributed by atoms with E-state index in [1.54, 1.807) is 12.3 Å². The molecule has 2 aromatic rings. The standard InChI is InChI=1S/C9H6ClFN2O2S/c10-16(14,15)7-2-3-9(8(11)6-7)13-5-1-4-12-13/h1-6H. The van der Waals surface area contributed by atoms with Crippen molar-refractivity contribution in [1.29, 1.82) is 0 Å². The monoisotopic (exact) mass is 260 g/mol. The first-order valence-corrected chi connectivity index (χ1v) is 6.53. The van der Waals surface area contributed by atoms with Gasteiger partial charge in [-0.2, -0.15) is 5.10 Å². The summed E-state index contributed by atoms with van der Waals surface area (Å²) in [7, 11) is 1.18. The number of halogens is 2. The van der Waals surface area contributed by atoms with Gasteiger partial charge in [0.25, 0.3) is 9.05 Å². The first-order chi connectivity index (χ1) is 7.48. The second-order valence-electron chi connectivity index (χ2n) is 3.00. The summed E-state index contributed by atoms with van der Waals surface area (Å²) < 4.78 is 36.8. The number of hydrogen-bond acceptors (Lipinski definition) is 3. The van der Waals surface area contributed by atoms with Crippen LogP contribution < -0.4 is 0 Å². The highest BCUT2D eigenvalue weighted by atomic mass is 35.7. The summed E-state index contributed by atoms with van der Waals surface area (Å²) in [6.45, 7) is 0. The fourth-order valence-corrected chi connectivity index (χ4v) is 2.00. The molecule has 0 N–H and O–H groups in total. The van der Waals surface area contributed by atoms with Crippen LogP contribution in [0.3, 0.4) is 0 Å². The topological polar surface area (TPSA) is 52.0 Å². The van der Waals surface area contributed by atoms with E-state index in [0.717, 1.165) is 6.07 Å². The number of rotatable bonds is 2. The molecule has 16 heavy (non-hydrogen) atoms. The first-order valence-electron chi connectivity index (χ1n) is 4.23. The SMILES string of the molecule is O=S(=O)(Cl)c1ccc(-n2cccn2)c(F)c1. The second kappa shape index (κ2) is 3.88. The summed E-state index contributed by atoms with van der Waals surface area (Å²) in [6, 6.07) is 5.02. The molecule has 0 spiro atoms. The molecule has 0 saturated carbocycles. The number of nitrogens with zero attached hydrogens (tertiary/aromatic N) is 2. The lowest BCUT2D eigenvalue weighted by molar-refractivity contribution is 0.595. The molecule has 84 valence electrons. The molecule has 4 nitrogen and oxygen atoms in total. The van der Waals surface area contributed by atoms with E-state index in [-0.39, 0.29) is 10.6 Å². The van der Waals surface area contributed by atoms with E-state index in [1.807, 2.05) is 0 Å². The molecule has 0 amide bonds. The third-order valence-electron chi connectivity index (χ3n) is 1.95. The van der Waals surface area contributed by atoms with Crippen LogP contribution in [0.5, 0.6) is 0 Å². The maximum atomic E-state index is 13.6. The second-order valence-corrected chi connectivity index (χ2v) is 5.57. The molecular formula is C9H6ClFN2O2S. The minimum absolute atomic E-state index is 0.161. The van der Waals surface area contributed by atoms with Gasteiger partial charge in [-0.1, -0.05) is 0 Å². The third kappa shape index (κ3) is 2.07. The summed E-state index contributed by atoms with van der Waals surface area (Å²) in [5, 5.41) is 3.83. The van der Waals surface area contributed by atoms with E-state index in [4.69, 9.17) is 10.7 Å². The molecule has 0 radical (unpaired) electrons. The predicted octanol–water partition coefficient (Wildman–Crippen LogP) is 1.94. The maximum absolute atomic E-state index is 13.6. The molecule has 1 aromatic heterocycles. The van der Waals surface area contributed by atoms with Crippen LogP contribution >= 0.6 is 10.7 Å². The van der Waals surface area contributed by atoms with E-state index in [9.17, 15) is 12.8 Å². The van der Waals surface area contributed by atoms with Gasteiger partial charge in [-0.3, -0.25) is 0 Å². The Morgan fingerprint density at radius 2 is 2.12 bits per heavy atom. The van der Waals surface area contributed by atoms with E-state index in [2.05, 4.69) is 5.10 Å². The van der Waals surface area contributed by atoms with Crippen LogP contribution in [-0.2, 0) is 9.05 Å². The molecule has 0 aliphatic carbocycles. The Morgan fingerprint density at radius 3 is 2.62 bits per heavy atom. The Balaban J connectivity index is 2.54. The van der Waals surface area contributed by atoms with Crippen LogP contribution in [0.25, 0.3) is 5.69 Å². The van der Waals surface area contributed by atoms with Crippen LogP contribution in [0.1, 0.15) is 0 Å². The molecule has 0 aliphatic heterocycles. The van der Waals surface area contributed by atoms with Gasteiger partial charge >= 0.3 is 0 Å². The molecule has 0 unspecified atom stereocenters. The molecule has 2 rings (SSSR count). The highest BCUT2D eigenvalue weighted by molar-refractivity contribution is 8.13. The normalized spacial score (nSPS) is 11.6. The average molecular weight is 261 g/mol. The van der Waals surface area contributed by atoms with Gasteiger partial charge in [0.1, 0.15) is 11.5 Å². The van der Waals surface area contributed by atoms with E-state index in [0.29, 0.717) is 0 Å². The zero-order valence-electron chi connectivity index (χ0n) is 7.84. The minimum Gasteiger partial charge on any atom is -0.238 e. The van der Waals surface area contributed by atoms with E-state index < -0.39 is 14.9 Å². The van der Waals surface area contributed by atoms with Gasteiger partial charge in [0.05, 0.1) is 4.90 Å². The van der Waals surface area contributed by atoms with Crippen molar-refractivity contribution in [2.45, 2.75) is 4.90 Å². The van der Waals surface area contributed by atoms with Crippen molar-refractivity contribution in [3.63, 3.8) is 0 Å². The van der Waals surface area contributed by atoms with Crippen molar-refractivity contribution in [2.75, 3.05) is 0 Å². The van der Waals surface area contributed by atoms with Crippen molar-refractivity contribution in [3.05, 3.63) is 42.5 Å². The Morgan fingerprint density at radius 1 is 1.38 bits per heavy atom. The van der Waals surface area contributed by atoms with Crippen LogP contribution in [0.15, 0.2) is 41.6 Å². The van der Waals surface area contributed by atoms with Gasteiger partial charge in [0, 0.05) is 23.1 Å². The maximum Gasteiger partial charge on any atom is 0.261 e. The van der Waals surface area contributed by atoms with Gasteiger partial charge in [-0.25, -0.2) is 17.5 Å². The van der Waals surface area contributed by atoms with Gasteiger partial charge in [0.15, 0.2) is 0 Å². The van der Waals surface area contributed by atoms with Crippen molar-refractivity contribution >= 4 is 19.7 Å². The largest absolute Gasteiger partial charge is 0.261 e. The first kappa shape index (κ1) is 11.1. The Kier molecular flexibility index (Phi) is 2.69. The summed E-state index contributed by atoms with van der Waals surface area (Å²) in [4.78, 5) is -0.275. The van der Waals surface area contributed by atoms with Gasteiger partial charge in [-0.15, -0.1) is 0 Å². The van der Waals surface area contributed by atoms with Crippen molar-refractivity contribution in [2.24, 2.45) is 0 Å². The highest BCUT2D eigenvalue weighted by Crippen LogP contribution is 2.20. The number of aromatic nitrogens is 2. The van der Waals surface area contributed by atoms with Crippen LogP contribution in [-0.4, -0.2) is 18.2 Å². The van der Waals surface area contributed by atoms with Crippen LogP contribution in [0.4, 0.5) is 4.39 Å². The van der Waals surface area contributed by atoms with Crippen molar-refractivity contribution in [3.8, 4) is 5.69 Å². The minimum atomic E-state index is -3.91. The Hall–Kier alpha value is -1.40. The van der Waals surface area contributed by atoms with Gasteiger partial charge in [0.2, 0.25) is 0 Å². The Labute approximate surface area is 95.7 Å². The molecular weight excluding hydrogens is 255 g/mol. The summed E-state index contributed by atoms with van der Waals surface area (Å²) in [6.07, 6.45) is 3.04. The fourth-order valence-electron chi connectivity index (χ4n) is 1.24. The molecule has 7 heteroatoms. The van der Waals surface area contributed by atoms with Crippen molar-refractivity contribution < 1.29 is 12.8 Å². The van der Waals surface area contributed by atoms with E-state index in [1.165, 1.54) is 23.0 Å².